The Balaban J connectivity index is 2.71. The topological polar surface area (TPSA) is 71.5 Å². The minimum absolute atomic E-state index is 0.00859. The summed E-state index contributed by atoms with van der Waals surface area (Å²) in [5.74, 6) is -0.0874. The van der Waals surface area contributed by atoms with E-state index in [1.54, 1.807) is 25.4 Å². The Morgan fingerprint density at radius 1 is 1.47 bits per heavy atom. The van der Waals surface area contributed by atoms with Crippen LogP contribution in [0.2, 0.25) is 0 Å². The summed E-state index contributed by atoms with van der Waals surface area (Å²) in [6, 6.07) is 3.41. The van der Waals surface area contributed by atoms with Crippen molar-refractivity contribution in [3.05, 3.63) is 18.3 Å². The summed E-state index contributed by atoms with van der Waals surface area (Å²) in [7, 11) is 1.57. The average molecular weight is 265 g/mol. The van der Waals surface area contributed by atoms with Gasteiger partial charge in [0.2, 0.25) is 17.7 Å². The van der Waals surface area contributed by atoms with Crippen LogP contribution in [-0.2, 0) is 9.59 Å². The Bertz CT molecular complexity index is 460. The number of rotatable bonds is 5. The van der Waals surface area contributed by atoms with Crippen molar-refractivity contribution >= 4 is 17.5 Å². The summed E-state index contributed by atoms with van der Waals surface area (Å²) in [6.07, 6.45) is 1.56. The Hall–Kier alpha value is -2.11. The third-order valence-electron chi connectivity index (χ3n) is 2.31. The van der Waals surface area contributed by atoms with Gasteiger partial charge in [-0.1, -0.05) is 0 Å². The molecule has 1 heterocycles. The minimum atomic E-state index is -0.292. The van der Waals surface area contributed by atoms with Crippen molar-refractivity contribution in [2.24, 2.45) is 0 Å². The second-order valence-corrected chi connectivity index (χ2v) is 4.45. The van der Waals surface area contributed by atoms with E-state index in [9.17, 15) is 9.59 Å². The fraction of sp³-hybridized carbons (Fsp3) is 0.462. The molecule has 0 aromatic carbocycles. The van der Waals surface area contributed by atoms with Crippen LogP contribution in [0, 0.1) is 0 Å². The van der Waals surface area contributed by atoms with Gasteiger partial charge in [-0.3, -0.25) is 9.59 Å². The van der Waals surface area contributed by atoms with Gasteiger partial charge in [0.05, 0.1) is 12.6 Å². The van der Waals surface area contributed by atoms with Gasteiger partial charge in [-0.2, -0.15) is 0 Å². The van der Waals surface area contributed by atoms with Crippen LogP contribution in [0.3, 0.4) is 0 Å². The highest BCUT2D eigenvalue weighted by Crippen LogP contribution is 2.21. The molecule has 1 aromatic rings. The Kier molecular flexibility index (Phi) is 5.29. The fourth-order valence-electron chi connectivity index (χ4n) is 1.32. The smallest absolute Gasteiger partial charge is 0.244 e. The van der Waals surface area contributed by atoms with Crippen LogP contribution >= 0.6 is 0 Å². The maximum atomic E-state index is 11.8. The zero-order chi connectivity index (χ0) is 14.4. The number of pyridine rings is 1. The summed E-state index contributed by atoms with van der Waals surface area (Å²) in [5, 5.41) is 2.68. The van der Waals surface area contributed by atoms with Crippen molar-refractivity contribution in [3.8, 4) is 5.88 Å². The van der Waals surface area contributed by atoms with Gasteiger partial charge >= 0.3 is 0 Å². The summed E-state index contributed by atoms with van der Waals surface area (Å²) < 4.78 is 5.49. The number of carbonyl (C=O) groups excluding carboxylic acids is 2. The summed E-state index contributed by atoms with van der Waals surface area (Å²) in [4.78, 5) is 28.2. The molecule has 0 spiro atoms. The van der Waals surface area contributed by atoms with Crippen molar-refractivity contribution in [2.75, 3.05) is 18.9 Å². The molecule has 2 amide bonds. The molecule has 0 unspecified atom stereocenters. The first kappa shape index (κ1) is 14.9. The monoisotopic (exact) mass is 265 g/mol. The maximum absolute atomic E-state index is 11.8. The normalized spacial score (nSPS) is 10.2. The number of likely N-dealkylation sites (N-methyl/N-ethyl adjacent to an activating group) is 1. The molecule has 0 aliphatic heterocycles. The van der Waals surface area contributed by atoms with Crippen molar-refractivity contribution in [3.63, 3.8) is 0 Å². The molecular formula is C13H19N3O3. The number of hydrogen-bond acceptors (Lipinski definition) is 4. The largest absolute Gasteiger partial charge is 0.473 e. The van der Waals surface area contributed by atoms with Gasteiger partial charge in [-0.05, 0) is 26.0 Å². The van der Waals surface area contributed by atoms with Gasteiger partial charge in [0.1, 0.15) is 5.69 Å². The highest BCUT2D eigenvalue weighted by molar-refractivity contribution is 5.95. The molecule has 6 heteroatoms. The molecule has 0 bridgehead atoms. The molecule has 6 nitrogen and oxygen atoms in total. The van der Waals surface area contributed by atoms with Gasteiger partial charge in [-0.25, -0.2) is 4.98 Å². The predicted molar refractivity (Wildman–Crippen MR) is 71.9 cm³/mol. The van der Waals surface area contributed by atoms with Crippen molar-refractivity contribution in [1.82, 2.24) is 9.88 Å². The number of carbonyl (C=O) groups is 2. The zero-order valence-electron chi connectivity index (χ0n) is 11.6. The molecule has 1 rings (SSSR count). The first-order valence-corrected chi connectivity index (χ1v) is 6.03. The van der Waals surface area contributed by atoms with Gasteiger partial charge < -0.3 is 15.0 Å². The molecule has 19 heavy (non-hydrogen) atoms. The number of aromatic nitrogens is 1. The summed E-state index contributed by atoms with van der Waals surface area (Å²) in [5.41, 5.74) is 0.498. The standard InChI is InChI=1S/C13H19N3O3/c1-9(2)19-13-11(6-5-7-14-13)15-12(18)8-16(4)10(3)17/h5-7,9H,8H2,1-4H3,(H,15,18). The number of anilines is 1. The lowest BCUT2D eigenvalue weighted by molar-refractivity contribution is -0.131. The maximum Gasteiger partial charge on any atom is 0.244 e. The van der Waals surface area contributed by atoms with E-state index in [2.05, 4.69) is 10.3 Å². The van der Waals surface area contributed by atoms with E-state index < -0.39 is 0 Å². The third-order valence-corrected chi connectivity index (χ3v) is 2.31. The van der Waals surface area contributed by atoms with Gasteiger partial charge in [-0.15, -0.1) is 0 Å². The van der Waals surface area contributed by atoms with Gasteiger partial charge in [0, 0.05) is 20.2 Å². The lowest BCUT2D eigenvalue weighted by atomic mass is 10.3. The quantitative estimate of drug-likeness (QED) is 0.870. The van der Waals surface area contributed by atoms with Crippen LogP contribution in [0.25, 0.3) is 0 Å². The number of nitrogens with zero attached hydrogens (tertiary/aromatic N) is 2. The molecule has 1 aromatic heterocycles. The summed E-state index contributed by atoms with van der Waals surface area (Å²) >= 11 is 0. The second-order valence-electron chi connectivity index (χ2n) is 4.45. The first-order valence-electron chi connectivity index (χ1n) is 6.03. The van der Waals surface area contributed by atoms with Crippen LogP contribution in [0.1, 0.15) is 20.8 Å². The van der Waals surface area contributed by atoms with E-state index in [1.807, 2.05) is 13.8 Å². The zero-order valence-corrected chi connectivity index (χ0v) is 11.6. The predicted octanol–water partition coefficient (Wildman–Crippen LogP) is 1.29. The fourth-order valence-corrected chi connectivity index (χ4v) is 1.32. The molecule has 0 aliphatic carbocycles. The second kappa shape index (κ2) is 6.72. The molecule has 1 N–H and O–H groups in total. The molecule has 104 valence electrons. The van der Waals surface area contributed by atoms with Crippen molar-refractivity contribution in [2.45, 2.75) is 26.9 Å². The number of hydrogen-bond donors (Lipinski definition) is 1. The van der Waals surface area contributed by atoms with Crippen molar-refractivity contribution in [1.29, 1.82) is 0 Å². The highest BCUT2D eigenvalue weighted by atomic mass is 16.5. The molecule has 0 aliphatic rings. The van der Waals surface area contributed by atoms with Gasteiger partial charge in [0.25, 0.3) is 0 Å². The van der Waals surface area contributed by atoms with E-state index in [0.717, 1.165) is 0 Å². The Labute approximate surface area is 112 Å². The van der Waals surface area contributed by atoms with Crippen LogP contribution in [0.4, 0.5) is 5.69 Å². The Morgan fingerprint density at radius 3 is 2.74 bits per heavy atom. The lowest BCUT2D eigenvalue weighted by Crippen LogP contribution is -2.33. The number of ether oxygens (including phenoxy) is 1. The number of nitrogens with one attached hydrogen (secondary N) is 1. The molecule has 0 fully saturated rings. The molecule has 0 radical (unpaired) electrons. The minimum Gasteiger partial charge on any atom is -0.473 e. The van der Waals surface area contributed by atoms with Crippen molar-refractivity contribution < 1.29 is 14.3 Å². The first-order chi connectivity index (χ1) is 8.90. The molecule has 0 saturated heterocycles. The third kappa shape index (κ3) is 4.95. The van der Waals surface area contributed by atoms with E-state index in [0.29, 0.717) is 11.6 Å². The average Bonchev–Trinajstić information content (AvgIpc) is 2.30. The Morgan fingerprint density at radius 2 is 2.16 bits per heavy atom. The van der Waals surface area contributed by atoms with Gasteiger partial charge in [0.15, 0.2) is 0 Å². The lowest BCUT2D eigenvalue weighted by Gasteiger charge is -2.16. The van der Waals surface area contributed by atoms with E-state index in [1.165, 1.54) is 11.8 Å². The highest BCUT2D eigenvalue weighted by Gasteiger charge is 2.12. The van der Waals surface area contributed by atoms with Crippen LogP contribution < -0.4 is 10.1 Å². The van der Waals surface area contributed by atoms with E-state index in [-0.39, 0.29) is 24.5 Å². The molecule has 0 saturated carbocycles. The van der Waals surface area contributed by atoms with E-state index >= 15 is 0 Å². The molecule has 0 atom stereocenters. The van der Waals surface area contributed by atoms with Crippen LogP contribution in [-0.4, -0.2) is 41.4 Å². The summed E-state index contributed by atoms with van der Waals surface area (Å²) in [6.45, 7) is 5.16. The SMILES string of the molecule is CC(=O)N(C)CC(=O)Nc1cccnc1OC(C)C. The van der Waals surface area contributed by atoms with E-state index in [4.69, 9.17) is 4.74 Å². The van der Waals surface area contributed by atoms with Crippen LogP contribution in [0.5, 0.6) is 5.88 Å². The number of amides is 2. The molecular weight excluding hydrogens is 246 g/mol. The van der Waals surface area contributed by atoms with Crippen LogP contribution in [0.15, 0.2) is 18.3 Å².